The van der Waals surface area contributed by atoms with Crippen LogP contribution in [-0.2, 0) is 6.54 Å². The number of rotatable bonds is 6. The second kappa shape index (κ2) is 6.91. The van der Waals surface area contributed by atoms with E-state index in [0.29, 0.717) is 18.7 Å². The second-order valence-electron chi connectivity index (χ2n) is 4.80. The number of halogens is 1. The van der Waals surface area contributed by atoms with E-state index in [1.54, 1.807) is 18.2 Å². The van der Waals surface area contributed by atoms with E-state index in [0.717, 1.165) is 11.3 Å². The normalized spacial score (nSPS) is 10.5. The molecule has 3 aromatic rings. The molecule has 0 saturated heterocycles. The molecule has 3 rings (SSSR count). The van der Waals surface area contributed by atoms with Crippen molar-refractivity contribution in [2.24, 2.45) is 0 Å². The van der Waals surface area contributed by atoms with Crippen molar-refractivity contribution in [3.8, 4) is 17.1 Å². The van der Waals surface area contributed by atoms with Crippen LogP contribution in [0.2, 0.25) is 0 Å². The van der Waals surface area contributed by atoms with Crippen molar-refractivity contribution >= 4 is 6.01 Å². The Morgan fingerprint density at radius 3 is 2.74 bits per heavy atom. The maximum atomic E-state index is 13.7. The monoisotopic (exact) mass is 313 g/mol. The van der Waals surface area contributed by atoms with Gasteiger partial charge in [0.15, 0.2) is 0 Å². The molecule has 23 heavy (non-hydrogen) atoms. The molecule has 0 radical (unpaired) electrons. The Balaban J connectivity index is 1.72. The number of benzene rings is 2. The van der Waals surface area contributed by atoms with E-state index < -0.39 is 0 Å². The van der Waals surface area contributed by atoms with Gasteiger partial charge < -0.3 is 14.6 Å². The van der Waals surface area contributed by atoms with E-state index in [1.807, 2.05) is 31.2 Å². The quantitative estimate of drug-likeness (QED) is 0.748. The zero-order valence-corrected chi connectivity index (χ0v) is 12.6. The van der Waals surface area contributed by atoms with Gasteiger partial charge in [-0.25, -0.2) is 4.39 Å². The number of para-hydroxylation sites is 1. The first kappa shape index (κ1) is 15.0. The minimum atomic E-state index is -0.387. The molecule has 0 aliphatic carbocycles. The highest BCUT2D eigenvalue weighted by atomic mass is 19.1. The first-order chi connectivity index (χ1) is 11.3. The molecule has 0 aliphatic rings. The number of ether oxygens (including phenoxy) is 1. The molecule has 1 heterocycles. The van der Waals surface area contributed by atoms with Gasteiger partial charge >= 0.3 is 6.01 Å². The lowest BCUT2D eigenvalue weighted by atomic mass is 10.2. The van der Waals surface area contributed by atoms with Crippen LogP contribution in [0.15, 0.2) is 53.1 Å². The van der Waals surface area contributed by atoms with Crippen molar-refractivity contribution in [3.63, 3.8) is 0 Å². The van der Waals surface area contributed by atoms with Gasteiger partial charge in [0.2, 0.25) is 5.82 Å². The third-order valence-corrected chi connectivity index (χ3v) is 3.24. The van der Waals surface area contributed by atoms with Crippen molar-refractivity contribution in [2.75, 3.05) is 11.9 Å². The fourth-order valence-electron chi connectivity index (χ4n) is 2.16. The van der Waals surface area contributed by atoms with Crippen molar-refractivity contribution in [1.82, 2.24) is 10.1 Å². The van der Waals surface area contributed by atoms with E-state index in [-0.39, 0.29) is 17.7 Å². The molecular weight excluding hydrogens is 297 g/mol. The largest absolute Gasteiger partial charge is 0.494 e. The molecule has 2 aromatic carbocycles. The Labute approximate surface area is 133 Å². The molecule has 118 valence electrons. The molecular formula is C17H16FN3O2. The number of nitrogens with zero attached hydrogens (tertiary/aromatic N) is 2. The summed E-state index contributed by atoms with van der Waals surface area (Å²) in [7, 11) is 0. The molecule has 0 amide bonds. The minimum Gasteiger partial charge on any atom is -0.494 e. The molecule has 0 unspecified atom stereocenters. The van der Waals surface area contributed by atoms with Crippen LogP contribution in [0, 0.1) is 5.82 Å². The number of hydrogen-bond acceptors (Lipinski definition) is 5. The number of anilines is 1. The van der Waals surface area contributed by atoms with Crippen LogP contribution in [0.4, 0.5) is 10.4 Å². The maximum Gasteiger partial charge on any atom is 0.322 e. The SMILES string of the molecule is CCOc1ccccc1CNc1nc(-c2ccccc2F)no1. The zero-order valence-electron chi connectivity index (χ0n) is 12.6. The highest BCUT2D eigenvalue weighted by Crippen LogP contribution is 2.22. The first-order valence-corrected chi connectivity index (χ1v) is 7.31. The predicted octanol–water partition coefficient (Wildman–Crippen LogP) is 3.89. The van der Waals surface area contributed by atoms with E-state index in [1.165, 1.54) is 6.07 Å². The molecule has 0 aliphatic heterocycles. The van der Waals surface area contributed by atoms with E-state index in [4.69, 9.17) is 9.26 Å². The van der Waals surface area contributed by atoms with Crippen molar-refractivity contribution < 1.29 is 13.7 Å². The molecule has 0 spiro atoms. The summed E-state index contributed by atoms with van der Waals surface area (Å²) in [5.41, 5.74) is 1.28. The topological polar surface area (TPSA) is 60.2 Å². The number of nitrogens with one attached hydrogen (secondary N) is 1. The molecule has 5 nitrogen and oxygen atoms in total. The third kappa shape index (κ3) is 3.48. The van der Waals surface area contributed by atoms with Gasteiger partial charge in [-0.2, -0.15) is 4.98 Å². The molecule has 6 heteroatoms. The molecule has 0 bridgehead atoms. The predicted molar refractivity (Wildman–Crippen MR) is 84.6 cm³/mol. The van der Waals surface area contributed by atoms with Crippen LogP contribution < -0.4 is 10.1 Å². The molecule has 0 atom stereocenters. The van der Waals surface area contributed by atoms with Gasteiger partial charge in [-0.15, -0.1) is 0 Å². The van der Waals surface area contributed by atoms with Crippen molar-refractivity contribution in [3.05, 3.63) is 59.9 Å². The fraction of sp³-hybridized carbons (Fsp3) is 0.176. The molecule has 1 N–H and O–H groups in total. The van der Waals surface area contributed by atoms with Gasteiger partial charge in [-0.05, 0) is 25.1 Å². The Kier molecular flexibility index (Phi) is 4.52. The van der Waals surface area contributed by atoms with Crippen LogP contribution in [-0.4, -0.2) is 16.7 Å². The number of hydrogen-bond donors (Lipinski definition) is 1. The summed E-state index contributed by atoms with van der Waals surface area (Å²) in [6.07, 6.45) is 0. The van der Waals surface area contributed by atoms with Crippen LogP contribution in [0.1, 0.15) is 12.5 Å². The average molecular weight is 313 g/mol. The van der Waals surface area contributed by atoms with Gasteiger partial charge in [-0.3, -0.25) is 0 Å². The van der Waals surface area contributed by atoms with Crippen LogP contribution in [0.5, 0.6) is 5.75 Å². The lowest BCUT2D eigenvalue weighted by Crippen LogP contribution is -2.03. The highest BCUT2D eigenvalue weighted by Gasteiger charge is 2.12. The highest BCUT2D eigenvalue weighted by molar-refractivity contribution is 5.56. The van der Waals surface area contributed by atoms with Gasteiger partial charge in [0.05, 0.1) is 12.2 Å². The zero-order chi connectivity index (χ0) is 16.1. The average Bonchev–Trinajstić information content (AvgIpc) is 3.03. The lowest BCUT2D eigenvalue weighted by Gasteiger charge is -2.09. The van der Waals surface area contributed by atoms with Crippen LogP contribution >= 0.6 is 0 Å². The molecule has 0 saturated carbocycles. The molecule has 1 aromatic heterocycles. The first-order valence-electron chi connectivity index (χ1n) is 7.31. The van der Waals surface area contributed by atoms with Gasteiger partial charge in [-0.1, -0.05) is 35.5 Å². The van der Waals surface area contributed by atoms with Crippen molar-refractivity contribution in [2.45, 2.75) is 13.5 Å². The Bertz CT molecular complexity index is 789. The maximum absolute atomic E-state index is 13.7. The minimum absolute atomic E-state index is 0.212. The number of aromatic nitrogens is 2. The standard InChI is InChI=1S/C17H16FN3O2/c1-2-22-15-10-6-3-7-12(15)11-19-17-20-16(21-23-17)13-8-4-5-9-14(13)18/h3-10H,2,11H2,1H3,(H,19,20,21). The summed E-state index contributed by atoms with van der Waals surface area (Å²) in [5, 5.41) is 6.83. The summed E-state index contributed by atoms with van der Waals surface area (Å²) >= 11 is 0. The summed E-state index contributed by atoms with van der Waals surface area (Å²) in [6, 6.07) is 14.2. The molecule has 0 fully saturated rings. The Morgan fingerprint density at radius 1 is 1.13 bits per heavy atom. The lowest BCUT2D eigenvalue weighted by molar-refractivity contribution is 0.337. The Morgan fingerprint density at radius 2 is 1.91 bits per heavy atom. The van der Waals surface area contributed by atoms with Gasteiger partial charge in [0, 0.05) is 12.1 Å². The van der Waals surface area contributed by atoms with E-state index >= 15 is 0 Å². The summed E-state index contributed by atoms with van der Waals surface area (Å²) < 4.78 is 24.4. The smallest absolute Gasteiger partial charge is 0.322 e. The fourth-order valence-corrected chi connectivity index (χ4v) is 2.16. The third-order valence-electron chi connectivity index (χ3n) is 3.24. The van der Waals surface area contributed by atoms with E-state index in [9.17, 15) is 4.39 Å². The second-order valence-corrected chi connectivity index (χ2v) is 4.80. The van der Waals surface area contributed by atoms with E-state index in [2.05, 4.69) is 15.5 Å². The van der Waals surface area contributed by atoms with Gasteiger partial charge in [0.25, 0.3) is 0 Å². The summed E-state index contributed by atoms with van der Waals surface area (Å²) in [5.74, 6) is 0.626. The van der Waals surface area contributed by atoms with Crippen LogP contribution in [0.3, 0.4) is 0 Å². The van der Waals surface area contributed by atoms with Gasteiger partial charge in [0.1, 0.15) is 11.6 Å². The van der Waals surface area contributed by atoms with Crippen molar-refractivity contribution in [1.29, 1.82) is 0 Å². The summed E-state index contributed by atoms with van der Waals surface area (Å²) in [6.45, 7) is 2.99. The Hall–Kier alpha value is -2.89. The summed E-state index contributed by atoms with van der Waals surface area (Å²) in [4.78, 5) is 4.16. The van der Waals surface area contributed by atoms with Crippen LogP contribution in [0.25, 0.3) is 11.4 Å².